The van der Waals surface area contributed by atoms with Crippen LogP contribution in [-0.2, 0) is 6.42 Å². The van der Waals surface area contributed by atoms with Gasteiger partial charge in [-0.1, -0.05) is 29.9 Å². The van der Waals surface area contributed by atoms with Crippen LogP contribution in [0.2, 0.25) is 0 Å². The van der Waals surface area contributed by atoms with Crippen molar-refractivity contribution in [2.24, 2.45) is 0 Å². The normalized spacial score (nSPS) is 15.1. The van der Waals surface area contributed by atoms with Crippen molar-refractivity contribution >= 4 is 33.8 Å². The largest absolute Gasteiger partial charge is 0.454 e. The standard InChI is InChI=1S/C26H30N4O3S/c27-25-24(23(31)19-9-12-21-22(16-19)33-17-32-21)34-26(29-25)28-20-10-7-18(8-11-20)6-2-1-3-13-30-14-4-5-15-30/h7-12,16H,1-6,13-15,17,27H2,(H,28,29). The Bertz CT molecular complexity index is 1140. The van der Waals surface area contributed by atoms with Crippen LogP contribution in [0.3, 0.4) is 0 Å². The Morgan fingerprint density at radius 3 is 2.65 bits per heavy atom. The van der Waals surface area contributed by atoms with E-state index in [1.807, 2.05) is 0 Å². The number of aromatic nitrogens is 1. The fraction of sp³-hybridized carbons (Fsp3) is 0.385. The lowest BCUT2D eigenvalue weighted by atomic mass is 10.1. The van der Waals surface area contributed by atoms with Crippen LogP contribution in [-0.4, -0.2) is 42.1 Å². The number of carbonyl (C=O) groups excluding carboxylic acids is 1. The Morgan fingerprint density at radius 2 is 1.82 bits per heavy atom. The number of aryl methyl sites for hydroxylation is 1. The highest BCUT2D eigenvalue weighted by Crippen LogP contribution is 2.35. The lowest BCUT2D eigenvalue weighted by molar-refractivity contribution is 0.104. The van der Waals surface area contributed by atoms with E-state index in [1.54, 1.807) is 18.2 Å². The van der Waals surface area contributed by atoms with E-state index < -0.39 is 0 Å². The van der Waals surface area contributed by atoms with E-state index in [-0.39, 0.29) is 18.4 Å². The fourth-order valence-electron chi connectivity index (χ4n) is 4.44. The van der Waals surface area contributed by atoms with Crippen LogP contribution in [0.15, 0.2) is 42.5 Å². The zero-order chi connectivity index (χ0) is 23.3. The predicted molar refractivity (Wildman–Crippen MR) is 135 cm³/mol. The van der Waals surface area contributed by atoms with Gasteiger partial charge in [0.25, 0.3) is 0 Å². The molecule has 0 saturated carbocycles. The average molecular weight is 479 g/mol. The van der Waals surface area contributed by atoms with Crippen molar-refractivity contribution in [1.82, 2.24) is 9.88 Å². The Morgan fingerprint density at radius 1 is 1.03 bits per heavy atom. The number of nitrogen functional groups attached to an aromatic ring is 1. The molecule has 178 valence electrons. The minimum Gasteiger partial charge on any atom is -0.454 e. The van der Waals surface area contributed by atoms with Crippen LogP contribution in [0.4, 0.5) is 16.6 Å². The average Bonchev–Trinajstić information content (AvgIpc) is 3.60. The quantitative estimate of drug-likeness (QED) is 0.304. The van der Waals surface area contributed by atoms with Gasteiger partial charge in [-0.15, -0.1) is 0 Å². The summed E-state index contributed by atoms with van der Waals surface area (Å²) in [5.41, 5.74) is 8.83. The second kappa shape index (κ2) is 10.4. The SMILES string of the molecule is Nc1nc(Nc2ccc(CCCCCN3CCCC3)cc2)sc1C(=O)c1ccc2c(c1)OCO2. The molecule has 0 radical (unpaired) electrons. The first-order valence-electron chi connectivity index (χ1n) is 11.9. The van der Waals surface area contributed by atoms with E-state index in [1.165, 1.54) is 68.6 Å². The lowest BCUT2D eigenvalue weighted by Crippen LogP contribution is -2.20. The monoisotopic (exact) mass is 478 g/mol. The molecule has 3 aromatic rings. The van der Waals surface area contributed by atoms with E-state index in [0.717, 1.165) is 12.1 Å². The number of ketones is 1. The molecular formula is C26H30N4O3S. The maximum atomic E-state index is 13.0. The smallest absolute Gasteiger partial charge is 0.231 e. The zero-order valence-corrected chi connectivity index (χ0v) is 20.0. The number of anilines is 3. The number of unbranched alkanes of at least 4 members (excludes halogenated alkanes) is 2. The molecule has 3 heterocycles. The highest BCUT2D eigenvalue weighted by atomic mass is 32.1. The minimum atomic E-state index is -0.179. The topological polar surface area (TPSA) is 89.7 Å². The summed E-state index contributed by atoms with van der Waals surface area (Å²) in [6.07, 6.45) is 7.61. The third-order valence-corrected chi connectivity index (χ3v) is 7.32. The number of hydrogen-bond donors (Lipinski definition) is 2. The van der Waals surface area contributed by atoms with Crippen molar-refractivity contribution < 1.29 is 14.3 Å². The lowest BCUT2D eigenvalue weighted by Gasteiger charge is -2.13. The van der Waals surface area contributed by atoms with E-state index in [2.05, 4.69) is 39.5 Å². The Kier molecular flexibility index (Phi) is 6.97. The molecule has 0 spiro atoms. The van der Waals surface area contributed by atoms with E-state index in [0.29, 0.717) is 27.1 Å². The van der Waals surface area contributed by atoms with Crippen molar-refractivity contribution in [3.05, 3.63) is 58.5 Å². The molecule has 3 N–H and O–H groups in total. The summed E-state index contributed by atoms with van der Waals surface area (Å²) < 4.78 is 10.7. The number of benzene rings is 2. The summed E-state index contributed by atoms with van der Waals surface area (Å²) >= 11 is 1.25. The van der Waals surface area contributed by atoms with Gasteiger partial charge in [0.2, 0.25) is 12.6 Å². The Hall–Kier alpha value is -3.10. The summed E-state index contributed by atoms with van der Waals surface area (Å²) in [5, 5.41) is 3.87. The molecule has 1 saturated heterocycles. The van der Waals surface area contributed by atoms with Gasteiger partial charge in [-0.3, -0.25) is 4.79 Å². The maximum absolute atomic E-state index is 13.0. The molecule has 0 amide bonds. The number of thiazole rings is 1. The highest BCUT2D eigenvalue weighted by Gasteiger charge is 2.21. The van der Waals surface area contributed by atoms with Gasteiger partial charge in [-0.2, -0.15) is 0 Å². The second-order valence-electron chi connectivity index (χ2n) is 8.81. The third-order valence-electron chi connectivity index (χ3n) is 6.34. The summed E-state index contributed by atoms with van der Waals surface area (Å²) in [6, 6.07) is 13.5. The van der Waals surface area contributed by atoms with Crippen LogP contribution in [0.1, 0.15) is 52.9 Å². The summed E-state index contributed by atoms with van der Waals surface area (Å²) in [7, 11) is 0. The van der Waals surface area contributed by atoms with Gasteiger partial charge in [0.15, 0.2) is 16.6 Å². The first-order valence-corrected chi connectivity index (χ1v) is 12.8. The number of nitrogens with two attached hydrogens (primary N) is 1. The molecule has 2 aliphatic rings. The first-order chi connectivity index (χ1) is 16.7. The zero-order valence-electron chi connectivity index (χ0n) is 19.2. The van der Waals surface area contributed by atoms with Crippen molar-refractivity contribution in [3.63, 3.8) is 0 Å². The van der Waals surface area contributed by atoms with Gasteiger partial charge in [0, 0.05) is 11.3 Å². The Labute approximate surface area is 203 Å². The molecule has 0 bridgehead atoms. The van der Waals surface area contributed by atoms with Crippen molar-refractivity contribution in [2.45, 2.75) is 38.5 Å². The van der Waals surface area contributed by atoms with E-state index in [4.69, 9.17) is 15.2 Å². The van der Waals surface area contributed by atoms with Crippen LogP contribution < -0.4 is 20.5 Å². The fourth-order valence-corrected chi connectivity index (χ4v) is 5.31. The minimum absolute atomic E-state index is 0.168. The van der Waals surface area contributed by atoms with Crippen molar-refractivity contribution in [2.75, 3.05) is 37.5 Å². The molecule has 34 heavy (non-hydrogen) atoms. The second-order valence-corrected chi connectivity index (χ2v) is 9.81. The molecule has 0 aliphatic carbocycles. The van der Waals surface area contributed by atoms with Crippen LogP contribution in [0, 0.1) is 0 Å². The number of ether oxygens (including phenoxy) is 2. The van der Waals surface area contributed by atoms with Gasteiger partial charge in [0.1, 0.15) is 10.7 Å². The number of rotatable bonds is 10. The summed E-state index contributed by atoms with van der Waals surface area (Å²) in [6.45, 7) is 3.99. The molecule has 0 unspecified atom stereocenters. The molecule has 1 fully saturated rings. The van der Waals surface area contributed by atoms with Crippen molar-refractivity contribution in [1.29, 1.82) is 0 Å². The van der Waals surface area contributed by atoms with Gasteiger partial charge in [0.05, 0.1) is 0 Å². The van der Waals surface area contributed by atoms with Gasteiger partial charge in [-0.25, -0.2) is 4.98 Å². The molecule has 2 aromatic carbocycles. The van der Waals surface area contributed by atoms with Gasteiger partial charge in [-0.05, 0) is 87.6 Å². The van der Waals surface area contributed by atoms with Gasteiger partial charge < -0.3 is 25.4 Å². The molecule has 8 heteroatoms. The molecule has 0 atom stereocenters. The molecule has 7 nitrogen and oxygen atoms in total. The highest BCUT2D eigenvalue weighted by molar-refractivity contribution is 7.18. The van der Waals surface area contributed by atoms with E-state index >= 15 is 0 Å². The number of likely N-dealkylation sites (tertiary alicyclic amines) is 1. The molecular weight excluding hydrogens is 448 g/mol. The van der Waals surface area contributed by atoms with E-state index in [9.17, 15) is 4.79 Å². The van der Waals surface area contributed by atoms with Crippen LogP contribution >= 0.6 is 11.3 Å². The third kappa shape index (κ3) is 5.34. The number of fused-ring (bicyclic) bond motifs is 1. The van der Waals surface area contributed by atoms with Gasteiger partial charge >= 0.3 is 0 Å². The number of nitrogens with zero attached hydrogens (tertiary/aromatic N) is 2. The van der Waals surface area contributed by atoms with Crippen LogP contribution in [0.5, 0.6) is 11.5 Å². The molecule has 5 rings (SSSR count). The first kappa shape index (κ1) is 22.7. The van der Waals surface area contributed by atoms with Crippen LogP contribution in [0.25, 0.3) is 0 Å². The molecule has 1 aromatic heterocycles. The number of carbonyl (C=O) groups is 1. The Balaban J connectivity index is 1.13. The predicted octanol–water partition coefficient (Wildman–Crippen LogP) is 5.24. The number of nitrogens with one attached hydrogen (secondary N) is 1. The summed E-state index contributed by atoms with van der Waals surface area (Å²) in [4.78, 5) is 20.3. The summed E-state index contributed by atoms with van der Waals surface area (Å²) in [5.74, 6) is 1.25. The maximum Gasteiger partial charge on any atom is 0.231 e. The molecule has 2 aliphatic heterocycles. The van der Waals surface area contributed by atoms with Crippen molar-refractivity contribution in [3.8, 4) is 11.5 Å². The number of hydrogen-bond acceptors (Lipinski definition) is 8.